The third kappa shape index (κ3) is 12.2. The predicted molar refractivity (Wildman–Crippen MR) is 118 cm³/mol. The maximum atomic E-state index is 12.1. The molecule has 1 aromatic rings. The molecule has 17 nitrogen and oxygen atoms in total. The van der Waals surface area contributed by atoms with Crippen LogP contribution in [-0.4, -0.2) is 89.5 Å². The molecule has 0 aromatic heterocycles. The van der Waals surface area contributed by atoms with Crippen LogP contribution in [0, 0.1) is 0 Å². The number of anilines is 1. The first-order chi connectivity index (χ1) is 17.3. The molecule has 0 aliphatic rings. The van der Waals surface area contributed by atoms with Crippen LogP contribution in [0.2, 0.25) is 0 Å². The molecule has 0 saturated carbocycles. The molecule has 3 atom stereocenters. The summed E-state index contributed by atoms with van der Waals surface area (Å²) in [6.45, 7) is -0.477. The fraction of sp³-hybridized carbons (Fsp3) is 0.550. The zero-order valence-electron chi connectivity index (χ0n) is 19.7. The number of carbonyl (C=O) groups excluding carboxylic acids is 3. The van der Waals surface area contributed by atoms with Crippen molar-refractivity contribution in [2.45, 2.75) is 63.3 Å². The van der Waals surface area contributed by atoms with Gasteiger partial charge in [0.1, 0.15) is 29.8 Å². The van der Waals surface area contributed by atoms with Crippen molar-refractivity contribution in [3.05, 3.63) is 17.7 Å². The van der Waals surface area contributed by atoms with Gasteiger partial charge >= 0.3 is 5.97 Å². The number of carbonyl (C=O) groups is 3. The van der Waals surface area contributed by atoms with E-state index in [4.69, 9.17) is 37.0 Å². The molecular weight excluding hydrogens is 504 g/mol. The van der Waals surface area contributed by atoms with Gasteiger partial charge in [-0.1, -0.05) is 0 Å². The quantitative estimate of drug-likeness (QED) is 0.0372. The molecule has 37 heavy (non-hydrogen) atoms. The summed E-state index contributed by atoms with van der Waals surface area (Å²) in [5.74, 6) is -3.21. The number of benzene rings is 1. The van der Waals surface area contributed by atoms with Gasteiger partial charge < -0.3 is 31.5 Å². The third-order valence-electron chi connectivity index (χ3n) is 5.05. The maximum Gasteiger partial charge on any atom is 0.311 e. The fourth-order valence-electron chi connectivity index (χ4n) is 3.15. The molecule has 210 valence electrons. The number of phenols is 1. The minimum atomic E-state index is -1.37. The van der Waals surface area contributed by atoms with E-state index in [0.717, 1.165) is 0 Å². The standard InChI is InChI=1S/C20H32N4O13/c21-13-5-8-16(18(19(13)29)20(22)30)36-17(28)9-7-15(27)14(26)6-4-11(25)2-1-3-12(37-24(33)34)10-35-23(31)32/h5,8,12,14-15,26-27,29,31-34H,1-4,6-7,9-10,21H2,(H2,22,30). The van der Waals surface area contributed by atoms with E-state index in [2.05, 4.69) is 9.68 Å². The van der Waals surface area contributed by atoms with E-state index >= 15 is 0 Å². The van der Waals surface area contributed by atoms with Crippen molar-refractivity contribution >= 4 is 23.3 Å². The summed E-state index contributed by atoms with van der Waals surface area (Å²) in [4.78, 5) is 44.5. The summed E-state index contributed by atoms with van der Waals surface area (Å²) in [7, 11) is 0. The number of aliphatic hydroxyl groups is 2. The number of esters is 1. The normalized spacial score (nSPS) is 13.9. The van der Waals surface area contributed by atoms with Crippen molar-refractivity contribution in [1.29, 1.82) is 0 Å². The van der Waals surface area contributed by atoms with Crippen LogP contribution in [0.1, 0.15) is 55.3 Å². The van der Waals surface area contributed by atoms with Crippen molar-refractivity contribution in [2.24, 2.45) is 5.73 Å². The average Bonchev–Trinajstić information content (AvgIpc) is 2.81. The number of primary amides is 1. The summed E-state index contributed by atoms with van der Waals surface area (Å²) >= 11 is 0. The number of Topliss-reactive ketones (excluding diaryl/α,β-unsaturated/α-hetero) is 1. The number of aliphatic hydroxyl groups excluding tert-OH is 2. The number of hydrogen-bond acceptors (Lipinski definition) is 16. The van der Waals surface area contributed by atoms with Crippen LogP contribution < -0.4 is 16.2 Å². The van der Waals surface area contributed by atoms with Crippen molar-refractivity contribution in [1.82, 2.24) is 10.8 Å². The minimum absolute atomic E-state index is 0.00442. The molecule has 0 spiro atoms. The van der Waals surface area contributed by atoms with Crippen LogP contribution in [-0.2, 0) is 19.3 Å². The molecular formula is C20H32N4O13. The van der Waals surface area contributed by atoms with E-state index in [1.54, 1.807) is 0 Å². The molecule has 0 heterocycles. The van der Waals surface area contributed by atoms with Gasteiger partial charge in [0.25, 0.3) is 5.91 Å². The summed E-state index contributed by atoms with van der Waals surface area (Å²) < 4.78 is 5.00. The number of nitrogens with zero attached hydrogens (tertiary/aromatic N) is 2. The SMILES string of the molecule is NC(=O)c1c(OC(=O)CCC(O)C(O)CCC(=O)CCCC(CON(O)O)ON(O)O)ccc(N)c1O. The number of aromatic hydroxyl groups is 1. The van der Waals surface area contributed by atoms with Gasteiger partial charge in [0.05, 0.1) is 28.7 Å². The highest BCUT2D eigenvalue weighted by Crippen LogP contribution is 2.33. The Hall–Kier alpha value is -2.97. The molecule has 1 rings (SSSR count). The van der Waals surface area contributed by atoms with E-state index in [9.17, 15) is 29.7 Å². The molecule has 1 aromatic carbocycles. The smallest absolute Gasteiger partial charge is 0.311 e. The van der Waals surface area contributed by atoms with Crippen molar-refractivity contribution in [3.8, 4) is 11.5 Å². The van der Waals surface area contributed by atoms with Gasteiger partial charge in [-0.25, -0.2) is 9.68 Å². The molecule has 3 unspecified atom stereocenters. The van der Waals surface area contributed by atoms with Gasteiger partial charge in [0.15, 0.2) is 5.75 Å². The van der Waals surface area contributed by atoms with Crippen LogP contribution in [0.5, 0.6) is 11.5 Å². The van der Waals surface area contributed by atoms with E-state index in [0.29, 0.717) is 0 Å². The Kier molecular flexibility index (Phi) is 13.9. The van der Waals surface area contributed by atoms with Gasteiger partial charge in [0.2, 0.25) is 0 Å². The molecule has 0 bridgehead atoms. The highest BCUT2D eigenvalue weighted by molar-refractivity contribution is 6.00. The lowest BCUT2D eigenvalue weighted by Gasteiger charge is -2.19. The molecule has 1 amide bonds. The second kappa shape index (κ2) is 16.0. The number of nitrogens with two attached hydrogens (primary N) is 2. The summed E-state index contributed by atoms with van der Waals surface area (Å²) in [5, 5.41) is 63.2. The van der Waals surface area contributed by atoms with Gasteiger partial charge in [-0.05, 0) is 37.8 Å². The Morgan fingerprint density at radius 2 is 1.54 bits per heavy atom. The van der Waals surface area contributed by atoms with Crippen molar-refractivity contribution in [3.63, 3.8) is 0 Å². The van der Waals surface area contributed by atoms with Gasteiger partial charge in [0, 0.05) is 19.3 Å². The van der Waals surface area contributed by atoms with Crippen LogP contribution in [0.3, 0.4) is 0 Å². The average molecular weight is 536 g/mol. The Balaban J connectivity index is 2.41. The Labute approximate surface area is 210 Å². The van der Waals surface area contributed by atoms with E-state index in [1.807, 2.05) is 0 Å². The number of rotatable bonds is 18. The zero-order chi connectivity index (χ0) is 28.1. The predicted octanol–water partition coefficient (Wildman–Crippen LogP) is -0.607. The molecule has 0 aliphatic carbocycles. The topological polar surface area (TPSA) is 279 Å². The third-order valence-corrected chi connectivity index (χ3v) is 5.05. The van der Waals surface area contributed by atoms with E-state index < -0.39 is 58.9 Å². The lowest BCUT2D eigenvalue weighted by molar-refractivity contribution is -0.527. The minimum Gasteiger partial charge on any atom is -0.505 e. The summed E-state index contributed by atoms with van der Waals surface area (Å²) in [5.41, 5.74) is 10.0. The molecule has 0 radical (unpaired) electrons. The zero-order valence-corrected chi connectivity index (χ0v) is 19.7. The van der Waals surface area contributed by atoms with Crippen LogP contribution in [0.4, 0.5) is 5.69 Å². The maximum absolute atomic E-state index is 12.1. The van der Waals surface area contributed by atoms with E-state index in [1.165, 1.54) is 12.1 Å². The monoisotopic (exact) mass is 536 g/mol. The molecule has 11 N–H and O–H groups in total. The Morgan fingerprint density at radius 3 is 2.11 bits per heavy atom. The Bertz CT molecular complexity index is 899. The molecule has 0 aliphatic heterocycles. The number of ketones is 1. The van der Waals surface area contributed by atoms with Crippen LogP contribution >= 0.6 is 0 Å². The second-order valence-corrected chi connectivity index (χ2v) is 7.89. The van der Waals surface area contributed by atoms with Gasteiger partial charge in [-0.15, -0.1) is 0 Å². The first-order valence-corrected chi connectivity index (χ1v) is 11.0. The highest BCUT2D eigenvalue weighted by Gasteiger charge is 2.23. The summed E-state index contributed by atoms with van der Waals surface area (Å²) in [6.07, 6.45) is -4.30. The van der Waals surface area contributed by atoms with Crippen LogP contribution in [0.25, 0.3) is 0 Å². The number of ether oxygens (including phenoxy) is 1. The first-order valence-electron chi connectivity index (χ1n) is 11.0. The Morgan fingerprint density at radius 1 is 0.919 bits per heavy atom. The molecule has 0 fully saturated rings. The number of nitrogen functional groups attached to an aromatic ring is 1. The van der Waals surface area contributed by atoms with Crippen molar-refractivity contribution in [2.75, 3.05) is 12.3 Å². The summed E-state index contributed by atoms with van der Waals surface area (Å²) in [6, 6.07) is 2.37. The van der Waals surface area contributed by atoms with E-state index in [-0.39, 0.29) is 62.2 Å². The van der Waals surface area contributed by atoms with Crippen LogP contribution in [0.15, 0.2) is 12.1 Å². The van der Waals surface area contributed by atoms with Gasteiger partial charge in [-0.3, -0.25) is 35.2 Å². The number of amides is 1. The van der Waals surface area contributed by atoms with Crippen molar-refractivity contribution < 1.29 is 64.9 Å². The molecule has 0 saturated heterocycles. The first kappa shape index (κ1) is 32.1. The lowest BCUT2D eigenvalue weighted by atomic mass is 10.0. The van der Waals surface area contributed by atoms with Gasteiger partial charge in [-0.2, -0.15) is 0 Å². The largest absolute Gasteiger partial charge is 0.505 e. The second-order valence-electron chi connectivity index (χ2n) is 7.89. The fourth-order valence-corrected chi connectivity index (χ4v) is 3.15. The molecule has 17 heteroatoms. The number of hydrogen-bond donors (Lipinski definition) is 9. The highest BCUT2D eigenvalue weighted by atomic mass is 17.1. The lowest BCUT2D eigenvalue weighted by Crippen LogP contribution is -2.31.